The molecule has 3 N–H and O–H groups in total. The minimum atomic E-state index is -0.909. The van der Waals surface area contributed by atoms with Crippen molar-refractivity contribution >= 4 is 11.6 Å². The van der Waals surface area contributed by atoms with Gasteiger partial charge in [-0.3, -0.25) is 4.79 Å². The summed E-state index contributed by atoms with van der Waals surface area (Å²) in [6, 6.07) is 17.4. The summed E-state index contributed by atoms with van der Waals surface area (Å²) in [5, 5.41) is 15.4. The van der Waals surface area contributed by atoms with Crippen LogP contribution in [0.3, 0.4) is 0 Å². The predicted molar refractivity (Wildman–Crippen MR) is 100 cm³/mol. The highest BCUT2D eigenvalue weighted by atomic mass is 16.2. The van der Waals surface area contributed by atoms with E-state index in [1.54, 1.807) is 18.6 Å². The van der Waals surface area contributed by atoms with Crippen LogP contribution in [0.25, 0.3) is 11.4 Å². The van der Waals surface area contributed by atoms with E-state index in [0.717, 1.165) is 23.2 Å². The fourth-order valence-corrected chi connectivity index (χ4v) is 2.32. The van der Waals surface area contributed by atoms with Gasteiger partial charge in [0.05, 0.1) is 12.1 Å². The summed E-state index contributed by atoms with van der Waals surface area (Å²) in [5.74, 6) is 0.401. The molecule has 134 valence electrons. The molecule has 0 fully saturated rings. The Hall–Kier alpha value is -3.06. The molecule has 7 nitrogen and oxygen atoms in total. The Balaban J connectivity index is 1.57. The molecule has 1 heterocycles. The Bertz CT molecular complexity index is 865. The minimum Gasteiger partial charge on any atom is -0.325 e. The van der Waals surface area contributed by atoms with E-state index < -0.39 is 5.54 Å². The maximum absolute atomic E-state index is 11.9. The number of carbonyl (C=O) groups excluding carboxylic acids is 1. The fraction of sp³-hybridized carbons (Fsp3) is 0.263. The SMILES string of the molecule is CC(C)(N)C(=O)Nc1ccc(CCn2nnc(-c3ccccc3)n2)cc1. The predicted octanol–water partition coefficient (Wildman–Crippen LogP) is 2.26. The van der Waals surface area contributed by atoms with Crippen molar-refractivity contribution in [3.63, 3.8) is 0 Å². The third-order valence-corrected chi connectivity index (χ3v) is 3.88. The molecule has 0 spiro atoms. The van der Waals surface area contributed by atoms with Gasteiger partial charge < -0.3 is 11.1 Å². The molecule has 0 aliphatic carbocycles. The highest BCUT2D eigenvalue weighted by Gasteiger charge is 2.21. The van der Waals surface area contributed by atoms with Crippen molar-refractivity contribution in [2.24, 2.45) is 5.73 Å². The van der Waals surface area contributed by atoms with Gasteiger partial charge in [0.1, 0.15) is 0 Å². The zero-order valence-corrected chi connectivity index (χ0v) is 14.9. The Morgan fingerprint density at radius 1 is 1.12 bits per heavy atom. The van der Waals surface area contributed by atoms with Crippen LogP contribution in [0.15, 0.2) is 54.6 Å². The van der Waals surface area contributed by atoms with Gasteiger partial charge in [-0.2, -0.15) is 4.80 Å². The van der Waals surface area contributed by atoms with E-state index in [9.17, 15) is 4.79 Å². The van der Waals surface area contributed by atoms with Crippen molar-refractivity contribution in [3.8, 4) is 11.4 Å². The lowest BCUT2D eigenvalue weighted by atomic mass is 10.1. The average molecular weight is 350 g/mol. The molecule has 0 bridgehead atoms. The number of nitrogens with one attached hydrogen (secondary N) is 1. The van der Waals surface area contributed by atoms with E-state index in [0.29, 0.717) is 12.4 Å². The summed E-state index contributed by atoms with van der Waals surface area (Å²) in [5.41, 5.74) is 7.66. The van der Waals surface area contributed by atoms with Gasteiger partial charge in [0.2, 0.25) is 11.7 Å². The lowest BCUT2D eigenvalue weighted by Gasteiger charge is -2.17. The maximum Gasteiger partial charge on any atom is 0.243 e. The van der Waals surface area contributed by atoms with E-state index in [4.69, 9.17) is 5.73 Å². The smallest absolute Gasteiger partial charge is 0.243 e. The zero-order valence-electron chi connectivity index (χ0n) is 14.9. The Morgan fingerprint density at radius 2 is 1.81 bits per heavy atom. The Kier molecular flexibility index (Phi) is 5.09. The lowest BCUT2D eigenvalue weighted by Crippen LogP contribution is -2.45. The van der Waals surface area contributed by atoms with Crippen molar-refractivity contribution in [1.82, 2.24) is 20.2 Å². The third-order valence-electron chi connectivity index (χ3n) is 3.88. The average Bonchev–Trinajstić information content (AvgIpc) is 3.10. The topological polar surface area (TPSA) is 98.7 Å². The number of tetrazole rings is 1. The first kappa shape index (κ1) is 17.8. The van der Waals surface area contributed by atoms with E-state index >= 15 is 0 Å². The highest BCUT2D eigenvalue weighted by Crippen LogP contribution is 2.14. The molecule has 0 aliphatic rings. The quantitative estimate of drug-likeness (QED) is 0.710. The molecule has 0 aliphatic heterocycles. The molecule has 1 aromatic heterocycles. The van der Waals surface area contributed by atoms with Gasteiger partial charge in [0, 0.05) is 11.3 Å². The highest BCUT2D eigenvalue weighted by molar-refractivity contribution is 5.97. The van der Waals surface area contributed by atoms with Gasteiger partial charge in [0.25, 0.3) is 0 Å². The molecule has 3 rings (SSSR count). The van der Waals surface area contributed by atoms with Crippen LogP contribution in [0.2, 0.25) is 0 Å². The monoisotopic (exact) mass is 350 g/mol. The molecule has 3 aromatic rings. The van der Waals surface area contributed by atoms with Gasteiger partial charge in [0.15, 0.2) is 0 Å². The van der Waals surface area contributed by atoms with Crippen molar-refractivity contribution in [3.05, 3.63) is 60.2 Å². The van der Waals surface area contributed by atoms with Gasteiger partial charge in [-0.05, 0) is 43.2 Å². The van der Waals surface area contributed by atoms with Gasteiger partial charge in [-0.1, -0.05) is 42.5 Å². The maximum atomic E-state index is 11.9. The van der Waals surface area contributed by atoms with Crippen LogP contribution in [0.5, 0.6) is 0 Å². The van der Waals surface area contributed by atoms with Crippen molar-refractivity contribution < 1.29 is 4.79 Å². The number of rotatable bonds is 6. The number of aromatic nitrogens is 4. The van der Waals surface area contributed by atoms with Crippen LogP contribution in [-0.4, -0.2) is 31.7 Å². The summed E-state index contributed by atoms with van der Waals surface area (Å²) in [6.07, 6.45) is 0.765. The first-order valence-corrected chi connectivity index (χ1v) is 8.44. The van der Waals surface area contributed by atoms with Crippen molar-refractivity contribution in [2.45, 2.75) is 32.4 Å². The zero-order chi connectivity index (χ0) is 18.6. The summed E-state index contributed by atoms with van der Waals surface area (Å²) in [7, 11) is 0. The minimum absolute atomic E-state index is 0.217. The molecular formula is C19H22N6O. The van der Waals surface area contributed by atoms with Gasteiger partial charge >= 0.3 is 0 Å². The van der Waals surface area contributed by atoms with Crippen molar-refractivity contribution in [2.75, 3.05) is 5.32 Å². The molecule has 0 atom stereocenters. The number of hydrogen-bond acceptors (Lipinski definition) is 5. The van der Waals surface area contributed by atoms with Crippen LogP contribution in [-0.2, 0) is 17.8 Å². The molecule has 0 saturated carbocycles. The summed E-state index contributed by atoms with van der Waals surface area (Å²) in [4.78, 5) is 13.5. The summed E-state index contributed by atoms with van der Waals surface area (Å²) >= 11 is 0. The molecule has 0 radical (unpaired) electrons. The number of aryl methyl sites for hydroxylation is 2. The molecule has 0 saturated heterocycles. The van der Waals surface area contributed by atoms with Gasteiger partial charge in [-0.25, -0.2) is 0 Å². The largest absolute Gasteiger partial charge is 0.325 e. The van der Waals surface area contributed by atoms with Crippen LogP contribution in [0.1, 0.15) is 19.4 Å². The second-order valence-corrected chi connectivity index (χ2v) is 6.70. The number of anilines is 1. The summed E-state index contributed by atoms with van der Waals surface area (Å²) in [6.45, 7) is 3.97. The third kappa shape index (κ3) is 4.52. The number of nitrogens with two attached hydrogens (primary N) is 1. The van der Waals surface area contributed by atoms with E-state index in [-0.39, 0.29) is 5.91 Å². The molecule has 26 heavy (non-hydrogen) atoms. The summed E-state index contributed by atoms with van der Waals surface area (Å²) < 4.78 is 0. The van der Waals surface area contributed by atoms with E-state index in [2.05, 4.69) is 20.7 Å². The second kappa shape index (κ2) is 7.45. The Morgan fingerprint density at radius 3 is 2.46 bits per heavy atom. The molecule has 2 aromatic carbocycles. The first-order chi connectivity index (χ1) is 12.4. The van der Waals surface area contributed by atoms with Crippen LogP contribution >= 0.6 is 0 Å². The normalized spacial score (nSPS) is 11.3. The number of benzene rings is 2. The standard InChI is InChI=1S/C19H22N6O/c1-19(2,20)18(26)21-16-10-8-14(9-11-16)12-13-25-23-17(22-24-25)15-6-4-3-5-7-15/h3-11H,12-13,20H2,1-2H3,(H,21,26). The molecule has 0 unspecified atom stereocenters. The molecule has 1 amide bonds. The Labute approximate surface area is 152 Å². The number of amides is 1. The van der Waals surface area contributed by atoms with Crippen molar-refractivity contribution in [1.29, 1.82) is 0 Å². The van der Waals surface area contributed by atoms with Crippen LogP contribution < -0.4 is 11.1 Å². The lowest BCUT2D eigenvalue weighted by molar-refractivity contribution is -0.120. The molecular weight excluding hydrogens is 328 g/mol. The number of nitrogens with zero attached hydrogens (tertiary/aromatic N) is 4. The van der Waals surface area contributed by atoms with Gasteiger partial charge in [-0.15, -0.1) is 10.2 Å². The second-order valence-electron chi connectivity index (χ2n) is 6.70. The molecule has 7 heteroatoms. The van der Waals surface area contributed by atoms with Crippen LogP contribution in [0.4, 0.5) is 5.69 Å². The van der Waals surface area contributed by atoms with E-state index in [1.165, 1.54) is 0 Å². The van der Waals surface area contributed by atoms with E-state index in [1.807, 2.05) is 54.6 Å². The number of carbonyl (C=O) groups is 1. The van der Waals surface area contributed by atoms with Crippen LogP contribution in [0, 0.1) is 0 Å². The number of hydrogen-bond donors (Lipinski definition) is 2. The first-order valence-electron chi connectivity index (χ1n) is 8.44. The fourth-order valence-electron chi connectivity index (χ4n) is 2.32.